The van der Waals surface area contributed by atoms with Crippen molar-refractivity contribution in [3.05, 3.63) is 130 Å². The zero-order chi connectivity index (χ0) is 29.2. The van der Waals surface area contributed by atoms with Gasteiger partial charge in [0.25, 0.3) is 0 Å². The number of fused-ring (bicyclic) bond motifs is 1. The van der Waals surface area contributed by atoms with Crippen molar-refractivity contribution in [1.82, 2.24) is 14.5 Å². The van der Waals surface area contributed by atoms with Crippen LogP contribution < -0.4 is 4.74 Å². The highest BCUT2D eigenvalue weighted by atomic mass is 35.5. The van der Waals surface area contributed by atoms with E-state index in [4.69, 9.17) is 32.9 Å². The molecule has 42 heavy (non-hydrogen) atoms. The Balaban J connectivity index is 1.29. The van der Waals surface area contributed by atoms with Gasteiger partial charge < -0.3 is 19.4 Å². The first-order chi connectivity index (χ1) is 20.4. The molecule has 6 aromatic rings. The zero-order valence-corrected chi connectivity index (χ0v) is 24.0. The number of nitrogens with one attached hydrogen (secondary N) is 1. The van der Waals surface area contributed by atoms with Gasteiger partial charge in [-0.15, -0.1) is 0 Å². The van der Waals surface area contributed by atoms with Crippen LogP contribution in [-0.2, 0) is 6.54 Å². The molecule has 0 saturated heterocycles. The number of carboxylic acids is 1. The molecule has 6 nitrogen and oxygen atoms in total. The summed E-state index contributed by atoms with van der Waals surface area (Å²) in [6.45, 7) is 0.502. The third kappa shape index (κ3) is 5.81. The highest BCUT2D eigenvalue weighted by molar-refractivity contribution is 6.36. The highest BCUT2D eigenvalue weighted by Gasteiger charge is 2.13. The molecule has 208 valence electrons. The van der Waals surface area contributed by atoms with Crippen molar-refractivity contribution in [2.75, 3.05) is 7.11 Å². The molecule has 2 aromatic heterocycles. The van der Waals surface area contributed by atoms with Crippen molar-refractivity contribution < 1.29 is 14.6 Å². The topological polar surface area (TPSA) is 80.1 Å². The van der Waals surface area contributed by atoms with Gasteiger partial charge in [-0.25, -0.2) is 9.78 Å². The molecule has 0 bridgehead atoms. The van der Waals surface area contributed by atoms with Crippen molar-refractivity contribution in [3.63, 3.8) is 0 Å². The van der Waals surface area contributed by atoms with E-state index >= 15 is 0 Å². The minimum absolute atomic E-state index is 0.244. The number of nitrogens with zero attached hydrogens (tertiary/aromatic N) is 2. The number of imidazole rings is 1. The summed E-state index contributed by atoms with van der Waals surface area (Å²) in [5, 5.41) is 11.4. The Labute approximate surface area is 252 Å². The van der Waals surface area contributed by atoms with Crippen molar-refractivity contribution in [1.29, 1.82) is 0 Å². The van der Waals surface area contributed by atoms with E-state index in [1.807, 2.05) is 59.3 Å². The molecular formula is C34H25Cl2N3O3. The number of rotatable bonds is 8. The van der Waals surface area contributed by atoms with Crippen molar-refractivity contribution in [2.45, 2.75) is 6.54 Å². The molecule has 0 unspecified atom stereocenters. The molecule has 0 saturated carbocycles. The Morgan fingerprint density at radius 1 is 0.952 bits per heavy atom. The first-order valence-corrected chi connectivity index (χ1v) is 13.9. The van der Waals surface area contributed by atoms with Crippen LogP contribution in [0.25, 0.3) is 45.6 Å². The lowest BCUT2D eigenvalue weighted by Gasteiger charge is -2.06. The Hall–Kier alpha value is -4.78. The third-order valence-corrected chi connectivity index (χ3v) is 7.59. The van der Waals surface area contributed by atoms with Crippen LogP contribution in [0.15, 0.2) is 97.2 Å². The lowest BCUT2D eigenvalue weighted by molar-refractivity contribution is 0.0697. The number of hydrogen-bond acceptors (Lipinski definition) is 3. The van der Waals surface area contributed by atoms with Crippen LogP contribution in [0, 0.1) is 0 Å². The summed E-state index contributed by atoms with van der Waals surface area (Å²) in [6.07, 6.45) is 5.91. The number of halogens is 2. The van der Waals surface area contributed by atoms with E-state index < -0.39 is 5.97 Å². The largest absolute Gasteiger partial charge is 0.497 e. The van der Waals surface area contributed by atoms with E-state index in [-0.39, 0.29) is 5.56 Å². The second-order valence-corrected chi connectivity index (χ2v) is 10.7. The molecule has 8 heteroatoms. The molecule has 0 amide bonds. The quantitative estimate of drug-likeness (QED) is 0.184. The molecule has 0 radical (unpaired) electrons. The van der Waals surface area contributed by atoms with E-state index in [1.165, 1.54) is 0 Å². The van der Waals surface area contributed by atoms with Crippen molar-refractivity contribution >= 4 is 52.2 Å². The van der Waals surface area contributed by atoms with Crippen molar-refractivity contribution in [2.24, 2.45) is 0 Å². The zero-order valence-electron chi connectivity index (χ0n) is 22.5. The van der Waals surface area contributed by atoms with E-state index in [2.05, 4.69) is 35.3 Å². The Morgan fingerprint density at radius 3 is 2.45 bits per heavy atom. The van der Waals surface area contributed by atoms with E-state index in [0.29, 0.717) is 22.3 Å². The molecule has 0 fully saturated rings. The summed E-state index contributed by atoms with van der Waals surface area (Å²) in [5.74, 6) is 0.598. The van der Waals surface area contributed by atoms with E-state index in [0.717, 1.165) is 50.4 Å². The summed E-state index contributed by atoms with van der Waals surface area (Å²) in [4.78, 5) is 19.6. The van der Waals surface area contributed by atoms with Gasteiger partial charge in [0.15, 0.2) is 0 Å². The number of aromatic amines is 1. The Bertz CT molecular complexity index is 1940. The summed E-state index contributed by atoms with van der Waals surface area (Å²) in [7, 11) is 1.67. The van der Waals surface area contributed by atoms with Crippen LogP contribution in [0.5, 0.6) is 5.75 Å². The van der Waals surface area contributed by atoms with Crippen LogP contribution in [0.3, 0.4) is 0 Å². The fourth-order valence-corrected chi connectivity index (χ4v) is 5.31. The average Bonchev–Trinajstić information content (AvgIpc) is 3.60. The van der Waals surface area contributed by atoms with Crippen LogP contribution in [0.1, 0.15) is 27.3 Å². The predicted octanol–water partition coefficient (Wildman–Crippen LogP) is 8.93. The minimum atomic E-state index is -0.955. The van der Waals surface area contributed by atoms with Crippen LogP contribution in [0.4, 0.5) is 0 Å². The molecule has 2 N–H and O–H groups in total. The number of aromatic nitrogens is 3. The summed E-state index contributed by atoms with van der Waals surface area (Å²) < 4.78 is 7.36. The molecule has 0 spiro atoms. The lowest BCUT2D eigenvalue weighted by Crippen LogP contribution is -2.02. The number of ether oxygens (including phenoxy) is 1. The Morgan fingerprint density at radius 2 is 1.74 bits per heavy atom. The number of hydrogen-bond donors (Lipinski definition) is 2. The van der Waals surface area contributed by atoms with Gasteiger partial charge in [0, 0.05) is 39.9 Å². The number of carboxylic acid groups (broad SMARTS) is 1. The second kappa shape index (κ2) is 11.6. The molecule has 2 heterocycles. The first kappa shape index (κ1) is 27.4. The Kier molecular flexibility index (Phi) is 7.57. The molecule has 6 rings (SSSR count). The fraction of sp³-hybridized carbons (Fsp3) is 0.0588. The van der Waals surface area contributed by atoms with Gasteiger partial charge in [-0.1, -0.05) is 65.7 Å². The molecule has 0 aliphatic carbocycles. The molecule has 0 atom stereocenters. The van der Waals surface area contributed by atoms with Gasteiger partial charge in [0.05, 0.1) is 23.4 Å². The third-order valence-electron chi connectivity index (χ3n) is 7.04. The van der Waals surface area contributed by atoms with E-state index in [9.17, 15) is 9.90 Å². The fourth-order valence-electron chi connectivity index (χ4n) is 4.80. The van der Waals surface area contributed by atoms with E-state index in [1.54, 1.807) is 31.4 Å². The predicted molar refractivity (Wildman–Crippen MR) is 169 cm³/mol. The van der Waals surface area contributed by atoms with Gasteiger partial charge in [0.1, 0.15) is 11.6 Å². The number of methoxy groups -OCH3 is 1. The maximum absolute atomic E-state index is 11.3. The second-order valence-electron chi connectivity index (χ2n) is 9.83. The first-order valence-electron chi connectivity index (χ1n) is 13.2. The lowest BCUT2D eigenvalue weighted by atomic mass is 10.1. The smallest absolute Gasteiger partial charge is 0.335 e. The van der Waals surface area contributed by atoms with Gasteiger partial charge >= 0.3 is 5.97 Å². The van der Waals surface area contributed by atoms with Gasteiger partial charge in [-0.2, -0.15) is 0 Å². The average molecular weight is 594 g/mol. The summed E-state index contributed by atoms with van der Waals surface area (Å²) >= 11 is 12.6. The molecule has 0 aliphatic rings. The minimum Gasteiger partial charge on any atom is -0.497 e. The maximum Gasteiger partial charge on any atom is 0.335 e. The summed E-state index contributed by atoms with van der Waals surface area (Å²) in [5.41, 5.74) is 6.85. The number of benzene rings is 4. The van der Waals surface area contributed by atoms with Crippen LogP contribution >= 0.6 is 23.2 Å². The van der Waals surface area contributed by atoms with Gasteiger partial charge in [0.2, 0.25) is 0 Å². The van der Waals surface area contributed by atoms with Crippen LogP contribution in [0.2, 0.25) is 10.0 Å². The maximum atomic E-state index is 11.3. The van der Waals surface area contributed by atoms with Gasteiger partial charge in [-0.3, -0.25) is 0 Å². The highest BCUT2D eigenvalue weighted by Crippen LogP contribution is 2.31. The number of H-pyrrole nitrogens is 1. The molecular weight excluding hydrogens is 569 g/mol. The SMILES string of the molecule is COc1ccc2[nH]c(-c3ccc(C=Cc4nc(-c5ccc(Cl)cc5Cl)cn4Cc4ccc(C(=O)O)cc4)cc3)cc2c1. The van der Waals surface area contributed by atoms with Crippen LogP contribution in [-0.4, -0.2) is 32.7 Å². The molecule has 4 aromatic carbocycles. The standard InChI is InChI=1S/C34H25Cl2N3O3/c1-42-27-12-14-30-25(16-27)17-31(37-30)23-7-2-21(3-8-23)6-15-33-38-32(28-13-11-26(35)18-29(28)36)20-39(33)19-22-4-9-24(10-5-22)34(40)41/h2-18,20,37H,19H2,1H3,(H,40,41). The number of aromatic carboxylic acids is 1. The number of carbonyl (C=O) groups is 1. The van der Waals surface area contributed by atoms with Crippen molar-refractivity contribution in [3.8, 4) is 28.3 Å². The van der Waals surface area contributed by atoms with Gasteiger partial charge in [-0.05, 0) is 77.4 Å². The molecule has 0 aliphatic heterocycles. The summed E-state index contributed by atoms with van der Waals surface area (Å²) in [6, 6.07) is 28.5. The monoisotopic (exact) mass is 593 g/mol. The normalized spacial score (nSPS) is 11.4.